The summed E-state index contributed by atoms with van der Waals surface area (Å²) >= 11 is 0. The summed E-state index contributed by atoms with van der Waals surface area (Å²) in [5.41, 5.74) is 2.64. The number of nitrogens with one attached hydrogen (secondary N) is 2. The molecule has 1 aromatic heterocycles. The molecule has 6 heteroatoms. The Morgan fingerprint density at radius 3 is 2.56 bits per heavy atom. The average Bonchev–Trinajstić information content (AvgIpc) is 3.08. The van der Waals surface area contributed by atoms with Crippen molar-refractivity contribution in [1.82, 2.24) is 15.8 Å². The second-order valence-corrected chi connectivity index (χ2v) is 6.09. The average molecular weight is 346 g/mol. The maximum absolute atomic E-state index is 13.3. The smallest absolute Gasteiger partial charge is 0.191 e. The van der Waals surface area contributed by atoms with Crippen LogP contribution in [0.25, 0.3) is 0 Å². The standard InChI is InChI=1S/C19H27FN4O/c1-5-15(6-2)18-10-16(25-24-18)12-23-19(21-4)22-11-14-7-8-17(20)13(3)9-14/h7-10,15H,5-6,11-12H2,1-4H3,(H2,21,22,23). The number of hydrogen-bond donors (Lipinski definition) is 2. The van der Waals surface area contributed by atoms with Crippen LogP contribution in [0.2, 0.25) is 0 Å². The molecule has 5 nitrogen and oxygen atoms in total. The van der Waals surface area contributed by atoms with E-state index in [-0.39, 0.29) is 5.82 Å². The van der Waals surface area contributed by atoms with E-state index in [1.807, 2.05) is 12.1 Å². The first-order valence-electron chi connectivity index (χ1n) is 8.72. The van der Waals surface area contributed by atoms with Gasteiger partial charge in [0.15, 0.2) is 11.7 Å². The van der Waals surface area contributed by atoms with Crippen LogP contribution in [0.5, 0.6) is 0 Å². The molecule has 136 valence electrons. The summed E-state index contributed by atoms with van der Waals surface area (Å²) in [6, 6.07) is 7.08. The Kier molecular flexibility index (Phi) is 6.98. The van der Waals surface area contributed by atoms with Gasteiger partial charge in [0.05, 0.1) is 12.2 Å². The van der Waals surface area contributed by atoms with Gasteiger partial charge in [0.25, 0.3) is 0 Å². The number of aliphatic imine (C=N–C) groups is 1. The van der Waals surface area contributed by atoms with Crippen LogP contribution in [0.3, 0.4) is 0 Å². The predicted octanol–water partition coefficient (Wildman–Crippen LogP) is 3.89. The zero-order valence-electron chi connectivity index (χ0n) is 15.4. The van der Waals surface area contributed by atoms with E-state index < -0.39 is 0 Å². The number of hydrogen-bond acceptors (Lipinski definition) is 3. The summed E-state index contributed by atoms with van der Waals surface area (Å²) in [5, 5.41) is 10.6. The fourth-order valence-corrected chi connectivity index (χ4v) is 2.71. The van der Waals surface area contributed by atoms with Gasteiger partial charge in [0, 0.05) is 25.6 Å². The van der Waals surface area contributed by atoms with E-state index in [2.05, 4.69) is 34.6 Å². The molecule has 0 saturated heterocycles. The Morgan fingerprint density at radius 2 is 1.92 bits per heavy atom. The first kappa shape index (κ1) is 19.0. The van der Waals surface area contributed by atoms with E-state index in [9.17, 15) is 4.39 Å². The van der Waals surface area contributed by atoms with E-state index >= 15 is 0 Å². The molecule has 0 atom stereocenters. The van der Waals surface area contributed by atoms with Crippen molar-refractivity contribution >= 4 is 5.96 Å². The Morgan fingerprint density at radius 1 is 1.20 bits per heavy atom. The number of halogens is 1. The lowest BCUT2D eigenvalue weighted by atomic mass is 9.99. The molecule has 2 aromatic rings. The molecule has 0 bridgehead atoms. The third-order valence-electron chi connectivity index (χ3n) is 4.32. The lowest BCUT2D eigenvalue weighted by molar-refractivity contribution is 0.368. The number of aromatic nitrogens is 1. The molecule has 0 fully saturated rings. The van der Waals surface area contributed by atoms with Gasteiger partial charge in [0.2, 0.25) is 0 Å². The van der Waals surface area contributed by atoms with Crippen molar-refractivity contribution in [3.8, 4) is 0 Å². The molecule has 0 spiro atoms. The van der Waals surface area contributed by atoms with Gasteiger partial charge in [-0.3, -0.25) is 4.99 Å². The van der Waals surface area contributed by atoms with E-state index in [4.69, 9.17) is 4.52 Å². The van der Waals surface area contributed by atoms with Crippen molar-refractivity contribution in [2.24, 2.45) is 4.99 Å². The quantitative estimate of drug-likeness (QED) is 0.590. The first-order chi connectivity index (χ1) is 12.1. The fraction of sp³-hybridized carbons (Fsp3) is 0.474. The van der Waals surface area contributed by atoms with E-state index in [0.29, 0.717) is 30.5 Å². The SMILES string of the molecule is CCC(CC)c1cc(CNC(=NC)NCc2ccc(F)c(C)c2)on1. The molecule has 0 aliphatic rings. The summed E-state index contributed by atoms with van der Waals surface area (Å²) in [6.45, 7) is 7.14. The highest BCUT2D eigenvalue weighted by atomic mass is 19.1. The molecule has 2 rings (SSSR count). The zero-order valence-corrected chi connectivity index (χ0v) is 15.4. The maximum atomic E-state index is 13.3. The Labute approximate surface area is 148 Å². The number of nitrogens with zero attached hydrogens (tertiary/aromatic N) is 2. The third kappa shape index (κ3) is 5.31. The van der Waals surface area contributed by atoms with E-state index in [1.54, 1.807) is 20.0 Å². The molecule has 0 unspecified atom stereocenters. The van der Waals surface area contributed by atoms with Crippen LogP contribution >= 0.6 is 0 Å². The predicted molar refractivity (Wildman–Crippen MR) is 98.0 cm³/mol. The fourth-order valence-electron chi connectivity index (χ4n) is 2.71. The zero-order chi connectivity index (χ0) is 18.2. The first-order valence-corrected chi connectivity index (χ1v) is 8.72. The summed E-state index contributed by atoms with van der Waals surface area (Å²) < 4.78 is 18.7. The van der Waals surface area contributed by atoms with Gasteiger partial charge in [0.1, 0.15) is 5.82 Å². The minimum Gasteiger partial charge on any atom is -0.359 e. The minimum absolute atomic E-state index is 0.190. The van der Waals surface area contributed by atoms with Crippen molar-refractivity contribution in [2.75, 3.05) is 7.05 Å². The molecule has 1 aromatic carbocycles. The number of aryl methyl sites for hydroxylation is 1. The third-order valence-corrected chi connectivity index (χ3v) is 4.32. The highest BCUT2D eigenvalue weighted by Crippen LogP contribution is 2.22. The van der Waals surface area contributed by atoms with E-state index in [1.165, 1.54) is 6.07 Å². The summed E-state index contributed by atoms with van der Waals surface area (Å²) in [4.78, 5) is 4.19. The molecular formula is C19H27FN4O. The minimum atomic E-state index is -0.190. The summed E-state index contributed by atoms with van der Waals surface area (Å²) in [5.74, 6) is 1.69. The highest BCUT2D eigenvalue weighted by Gasteiger charge is 2.13. The lowest BCUT2D eigenvalue weighted by Crippen LogP contribution is -2.36. The van der Waals surface area contributed by atoms with Crippen LogP contribution in [0, 0.1) is 12.7 Å². The van der Waals surface area contributed by atoms with Crippen molar-refractivity contribution < 1.29 is 8.91 Å². The number of benzene rings is 1. The highest BCUT2D eigenvalue weighted by molar-refractivity contribution is 5.79. The normalized spacial score (nSPS) is 11.8. The largest absolute Gasteiger partial charge is 0.359 e. The Hall–Kier alpha value is -2.37. The summed E-state index contributed by atoms with van der Waals surface area (Å²) in [7, 11) is 1.71. The van der Waals surface area contributed by atoms with Crippen molar-refractivity contribution in [1.29, 1.82) is 0 Å². The summed E-state index contributed by atoms with van der Waals surface area (Å²) in [6.07, 6.45) is 2.10. The second-order valence-electron chi connectivity index (χ2n) is 6.09. The molecular weight excluding hydrogens is 319 g/mol. The van der Waals surface area contributed by atoms with Crippen LogP contribution in [0.4, 0.5) is 4.39 Å². The van der Waals surface area contributed by atoms with Gasteiger partial charge in [-0.15, -0.1) is 0 Å². The monoisotopic (exact) mass is 346 g/mol. The van der Waals surface area contributed by atoms with Gasteiger partial charge in [-0.2, -0.15) is 0 Å². The second kappa shape index (κ2) is 9.20. The van der Waals surface area contributed by atoms with Crippen molar-refractivity contribution in [3.63, 3.8) is 0 Å². The van der Waals surface area contributed by atoms with Crippen molar-refractivity contribution in [2.45, 2.75) is 52.6 Å². The van der Waals surface area contributed by atoms with E-state index in [0.717, 1.165) is 29.9 Å². The van der Waals surface area contributed by atoms with Crippen LogP contribution in [0.15, 0.2) is 33.8 Å². The maximum Gasteiger partial charge on any atom is 0.191 e. The van der Waals surface area contributed by atoms with Crippen LogP contribution in [0.1, 0.15) is 55.2 Å². The van der Waals surface area contributed by atoms with Crippen LogP contribution < -0.4 is 10.6 Å². The molecule has 25 heavy (non-hydrogen) atoms. The Bertz CT molecular complexity index is 707. The van der Waals surface area contributed by atoms with Crippen LogP contribution in [-0.4, -0.2) is 18.2 Å². The lowest BCUT2D eigenvalue weighted by Gasteiger charge is -2.11. The van der Waals surface area contributed by atoms with Gasteiger partial charge >= 0.3 is 0 Å². The van der Waals surface area contributed by atoms with Gasteiger partial charge in [-0.05, 0) is 37.0 Å². The molecule has 0 radical (unpaired) electrons. The molecule has 0 aliphatic carbocycles. The number of guanidine groups is 1. The Balaban J connectivity index is 1.87. The molecule has 0 saturated carbocycles. The van der Waals surface area contributed by atoms with Crippen molar-refractivity contribution in [3.05, 3.63) is 52.7 Å². The van der Waals surface area contributed by atoms with Gasteiger partial charge in [-0.25, -0.2) is 4.39 Å². The molecule has 0 amide bonds. The van der Waals surface area contributed by atoms with Gasteiger partial charge < -0.3 is 15.2 Å². The van der Waals surface area contributed by atoms with Crippen LogP contribution in [-0.2, 0) is 13.1 Å². The molecule has 1 heterocycles. The van der Waals surface area contributed by atoms with Gasteiger partial charge in [-0.1, -0.05) is 31.1 Å². The number of rotatable bonds is 7. The topological polar surface area (TPSA) is 62.5 Å². The molecule has 0 aliphatic heterocycles. The molecule has 2 N–H and O–H groups in total.